The number of hydrogen-bond donors (Lipinski definition) is 1. The lowest BCUT2D eigenvalue weighted by molar-refractivity contribution is 0.202. The van der Waals surface area contributed by atoms with Crippen LogP contribution in [0, 0.1) is 0 Å². The Labute approximate surface area is 104 Å². The summed E-state index contributed by atoms with van der Waals surface area (Å²) in [6.07, 6.45) is 1.05. The van der Waals surface area contributed by atoms with Crippen molar-refractivity contribution in [1.29, 1.82) is 0 Å². The molecule has 94 valence electrons. The summed E-state index contributed by atoms with van der Waals surface area (Å²) in [6.45, 7) is 6.15. The predicted molar refractivity (Wildman–Crippen MR) is 70.5 cm³/mol. The number of hydrogen-bond acceptors (Lipinski definition) is 3. The molecule has 1 saturated heterocycles. The van der Waals surface area contributed by atoms with Crippen molar-refractivity contribution < 1.29 is 4.74 Å². The molecular formula is C14H22N2O. The second-order valence-electron chi connectivity index (χ2n) is 4.62. The fourth-order valence-electron chi connectivity index (χ4n) is 2.18. The number of benzene rings is 1. The minimum Gasteiger partial charge on any atom is -0.494 e. The average Bonchev–Trinajstić information content (AvgIpc) is 2.38. The van der Waals surface area contributed by atoms with Crippen molar-refractivity contribution >= 4 is 0 Å². The van der Waals surface area contributed by atoms with E-state index in [1.54, 1.807) is 0 Å². The Balaban J connectivity index is 2.01. The molecular weight excluding hydrogens is 212 g/mol. The Morgan fingerprint density at radius 1 is 1.35 bits per heavy atom. The van der Waals surface area contributed by atoms with E-state index >= 15 is 0 Å². The lowest BCUT2D eigenvalue weighted by Crippen LogP contribution is -2.43. The quantitative estimate of drug-likeness (QED) is 0.863. The minimum absolute atomic E-state index is 0.490. The molecule has 1 N–H and O–H groups in total. The highest BCUT2D eigenvalue weighted by atomic mass is 16.5. The normalized spacial score (nSPS) is 21.4. The summed E-state index contributed by atoms with van der Waals surface area (Å²) in [5.41, 5.74) is 1.36. The molecule has 1 fully saturated rings. The van der Waals surface area contributed by atoms with Crippen LogP contribution in [0.25, 0.3) is 0 Å². The van der Waals surface area contributed by atoms with Crippen molar-refractivity contribution in [2.75, 3.05) is 33.3 Å². The Kier molecular flexibility index (Phi) is 4.40. The van der Waals surface area contributed by atoms with Crippen LogP contribution in [0.3, 0.4) is 0 Å². The Hall–Kier alpha value is -1.06. The summed E-state index contributed by atoms with van der Waals surface area (Å²) in [5.74, 6) is 0.974. The van der Waals surface area contributed by atoms with Crippen molar-refractivity contribution in [2.45, 2.75) is 19.4 Å². The third-order valence-corrected chi connectivity index (χ3v) is 3.25. The molecule has 1 aliphatic rings. The Morgan fingerprint density at radius 3 is 2.76 bits per heavy atom. The molecule has 1 aliphatic heterocycles. The summed E-state index contributed by atoms with van der Waals surface area (Å²) in [5, 5.41) is 3.44. The van der Waals surface area contributed by atoms with Gasteiger partial charge >= 0.3 is 0 Å². The molecule has 0 amide bonds. The first-order chi connectivity index (χ1) is 8.31. The summed E-state index contributed by atoms with van der Waals surface area (Å²) >= 11 is 0. The fourth-order valence-corrected chi connectivity index (χ4v) is 2.18. The zero-order chi connectivity index (χ0) is 12.1. The SMILES string of the molecule is CCCOc1ccc(C2CNCCN2C)cc1. The highest BCUT2D eigenvalue weighted by molar-refractivity contribution is 5.29. The molecule has 0 aromatic heterocycles. The van der Waals surface area contributed by atoms with Crippen LogP contribution in [-0.2, 0) is 0 Å². The maximum Gasteiger partial charge on any atom is 0.119 e. The largest absolute Gasteiger partial charge is 0.494 e. The summed E-state index contributed by atoms with van der Waals surface area (Å²) in [6, 6.07) is 9.00. The second kappa shape index (κ2) is 6.03. The molecule has 0 saturated carbocycles. The van der Waals surface area contributed by atoms with Gasteiger partial charge in [0.15, 0.2) is 0 Å². The van der Waals surface area contributed by atoms with E-state index in [2.05, 4.69) is 48.5 Å². The number of likely N-dealkylation sites (N-methyl/N-ethyl adjacent to an activating group) is 1. The maximum atomic E-state index is 5.60. The van der Waals surface area contributed by atoms with Gasteiger partial charge in [-0.2, -0.15) is 0 Å². The third-order valence-electron chi connectivity index (χ3n) is 3.25. The molecule has 0 spiro atoms. The molecule has 1 aromatic rings. The topological polar surface area (TPSA) is 24.5 Å². The van der Waals surface area contributed by atoms with Crippen LogP contribution in [0.4, 0.5) is 0 Å². The van der Waals surface area contributed by atoms with Gasteiger partial charge in [-0.15, -0.1) is 0 Å². The monoisotopic (exact) mass is 234 g/mol. The van der Waals surface area contributed by atoms with Crippen LogP contribution in [0.1, 0.15) is 24.9 Å². The number of nitrogens with one attached hydrogen (secondary N) is 1. The molecule has 2 rings (SSSR count). The first-order valence-electron chi connectivity index (χ1n) is 6.45. The molecule has 0 aliphatic carbocycles. The van der Waals surface area contributed by atoms with Gasteiger partial charge in [0.1, 0.15) is 5.75 Å². The van der Waals surface area contributed by atoms with E-state index < -0.39 is 0 Å². The van der Waals surface area contributed by atoms with Gasteiger partial charge in [0.05, 0.1) is 6.61 Å². The van der Waals surface area contributed by atoms with Crippen molar-refractivity contribution in [3.8, 4) is 5.75 Å². The molecule has 0 bridgehead atoms. The van der Waals surface area contributed by atoms with Gasteiger partial charge in [-0.1, -0.05) is 19.1 Å². The fraction of sp³-hybridized carbons (Fsp3) is 0.571. The zero-order valence-corrected chi connectivity index (χ0v) is 10.8. The van der Waals surface area contributed by atoms with Crippen molar-refractivity contribution in [1.82, 2.24) is 10.2 Å². The maximum absolute atomic E-state index is 5.60. The predicted octanol–water partition coefficient (Wildman–Crippen LogP) is 2.05. The van der Waals surface area contributed by atoms with Crippen molar-refractivity contribution in [3.63, 3.8) is 0 Å². The van der Waals surface area contributed by atoms with Crippen molar-refractivity contribution in [2.24, 2.45) is 0 Å². The van der Waals surface area contributed by atoms with E-state index in [0.29, 0.717) is 6.04 Å². The Morgan fingerprint density at radius 2 is 2.12 bits per heavy atom. The summed E-state index contributed by atoms with van der Waals surface area (Å²) in [7, 11) is 2.19. The van der Waals surface area contributed by atoms with Gasteiger partial charge in [-0.3, -0.25) is 4.90 Å². The highest BCUT2D eigenvalue weighted by Gasteiger charge is 2.19. The zero-order valence-electron chi connectivity index (χ0n) is 10.8. The molecule has 1 aromatic carbocycles. The minimum atomic E-state index is 0.490. The molecule has 3 heteroatoms. The smallest absolute Gasteiger partial charge is 0.119 e. The number of rotatable bonds is 4. The lowest BCUT2D eigenvalue weighted by Gasteiger charge is -2.33. The van der Waals surface area contributed by atoms with E-state index in [-0.39, 0.29) is 0 Å². The first-order valence-corrected chi connectivity index (χ1v) is 6.45. The van der Waals surface area contributed by atoms with Crippen LogP contribution >= 0.6 is 0 Å². The molecule has 1 heterocycles. The number of piperazine rings is 1. The summed E-state index contributed by atoms with van der Waals surface area (Å²) < 4.78 is 5.60. The van der Waals surface area contributed by atoms with Crippen LogP contribution in [0.15, 0.2) is 24.3 Å². The number of nitrogens with zero attached hydrogens (tertiary/aromatic N) is 1. The second-order valence-corrected chi connectivity index (χ2v) is 4.62. The van der Waals surface area contributed by atoms with Gasteiger partial charge in [0.2, 0.25) is 0 Å². The van der Waals surface area contributed by atoms with Crippen LogP contribution in [0.2, 0.25) is 0 Å². The standard InChI is InChI=1S/C14H22N2O/c1-3-10-17-13-6-4-12(5-7-13)14-11-15-8-9-16(14)2/h4-7,14-15H,3,8-11H2,1-2H3. The van der Waals surface area contributed by atoms with E-state index in [1.807, 2.05) is 0 Å². The van der Waals surface area contributed by atoms with E-state index in [9.17, 15) is 0 Å². The molecule has 1 unspecified atom stereocenters. The molecule has 3 nitrogen and oxygen atoms in total. The van der Waals surface area contributed by atoms with E-state index in [1.165, 1.54) is 5.56 Å². The van der Waals surface area contributed by atoms with Crippen LogP contribution in [-0.4, -0.2) is 38.2 Å². The van der Waals surface area contributed by atoms with Gasteiger partial charge in [0, 0.05) is 25.7 Å². The Bertz CT molecular complexity index is 337. The number of ether oxygens (including phenoxy) is 1. The molecule has 0 radical (unpaired) electrons. The highest BCUT2D eigenvalue weighted by Crippen LogP contribution is 2.22. The molecule has 17 heavy (non-hydrogen) atoms. The average molecular weight is 234 g/mol. The van der Waals surface area contributed by atoms with E-state index in [0.717, 1.165) is 38.4 Å². The lowest BCUT2D eigenvalue weighted by atomic mass is 10.0. The summed E-state index contributed by atoms with van der Waals surface area (Å²) in [4.78, 5) is 2.40. The van der Waals surface area contributed by atoms with Crippen LogP contribution in [0.5, 0.6) is 5.75 Å². The first kappa shape index (κ1) is 12.4. The third kappa shape index (κ3) is 3.20. The van der Waals surface area contributed by atoms with E-state index in [4.69, 9.17) is 4.74 Å². The van der Waals surface area contributed by atoms with Crippen LogP contribution < -0.4 is 10.1 Å². The van der Waals surface area contributed by atoms with Gasteiger partial charge in [-0.25, -0.2) is 0 Å². The molecule has 1 atom stereocenters. The van der Waals surface area contributed by atoms with Gasteiger partial charge < -0.3 is 10.1 Å². The van der Waals surface area contributed by atoms with Gasteiger partial charge in [-0.05, 0) is 31.2 Å². The van der Waals surface area contributed by atoms with Crippen molar-refractivity contribution in [3.05, 3.63) is 29.8 Å². The van der Waals surface area contributed by atoms with Gasteiger partial charge in [0.25, 0.3) is 0 Å².